The third-order valence-corrected chi connectivity index (χ3v) is 5.20. The van der Waals surface area contributed by atoms with Crippen LogP contribution in [0.2, 0.25) is 0 Å². The molecule has 0 fully saturated rings. The second kappa shape index (κ2) is 7.10. The molecule has 2 heterocycles. The number of aryl methyl sites for hydroxylation is 1. The summed E-state index contributed by atoms with van der Waals surface area (Å²) in [6, 6.07) is 8.65. The molecule has 0 aliphatic rings. The number of rotatable bonds is 6. The van der Waals surface area contributed by atoms with Gasteiger partial charge in [-0.1, -0.05) is 30.0 Å². The number of halogens is 1. The SMILES string of the molecule is C=CCn1c(SCc2ccc(F)cc2)nnc1-c1csc(C)c1. The van der Waals surface area contributed by atoms with E-state index in [1.807, 2.05) is 6.08 Å². The lowest BCUT2D eigenvalue weighted by Crippen LogP contribution is -2.00. The third-order valence-electron chi connectivity index (χ3n) is 3.30. The summed E-state index contributed by atoms with van der Waals surface area (Å²) in [5.41, 5.74) is 2.13. The Morgan fingerprint density at radius 2 is 2.09 bits per heavy atom. The van der Waals surface area contributed by atoms with Gasteiger partial charge in [0.1, 0.15) is 5.82 Å². The van der Waals surface area contributed by atoms with Crippen molar-refractivity contribution < 1.29 is 4.39 Å². The Balaban J connectivity index is 1.82. The fraction of sp³-hybridized carbons (Fsp3) is 0.176. The molecule has 0 saturated carbocycles. The van der Waals surface area contributed by atoms with Gasteiger partial charge in [0, 0.05) is 28.1 Å². The molecule has 0 aliphatic heterocycles. The van der Waals surface area contributed by atoms with Gasteiger partial charge in [-0.3, -0.25) is 4.57 Å². The van der Waals surface area contributed by atoms with E-state index in [1.165, 1.54) is 17.0 Å². The van der Waals surface area contributed by atoms with Crippen molar-refractivity contribution in [2.24, 2.45) is 0 Å². The standard InChI is InChI=1S/C17H16FN3S2/c1-3-8-21-16(14-9-12(2)22-11-14)19-20-17(21)23-10-13-4-6-15(18)7-5-13/h3-7,9,11H,1,8,10H2,2H3. The summed E-state index contributed by atoms with van der Waals surface area (Å²) in [5.74, 6) is 1.36. The number of thiophene rings is 1. The summed E-state index contributed by atoms with van der Waals surface area (Å²) in [5, 5.41) is 11.6. The highest BCUT2D eigenvalue weighted by Gasteiger charge is 2.14. The fourth-order valence-electron chi connectivity index (χ4n) is 2.19. The molecule has 3 aromatic rings. The Morgan fingerprint density at radius 3 is 2.74 bits per heavy atom. The molecule has 0 unspecified atom stereocenters. The van der Waals surface area contributed by atoms with E-state index in [0.29, 0.717) is 6.54 Å². The zero-order chi connectivity index (χ0) is 16.2. The molecule has 0 saturated heterocycles. The molecular formula is C17H16FN3S2. The van der Waals surface area contributed by atoms with Crippen LogP contribution in [0.15, 0.2) is 53.5 Å². The van der Waals surface area contributed by atoms with Crippen molar-refractivity contribution in [1.82, 2.24) is 14.8 Å². The van der Waals surface area contributed by atoms with Crippen molar-refractivity contribution in [3.63, 3.8) is 0 Å². The smallest absolute Gasteiger partial charge is 0.192 e. The highest BCUT2D eigenvalue weighted by atomic mass is 32.2. The number of aromatic nitrogens is 3. The first-order valence-corrected chi connectivity index (χ1v) is 9.00. The Bertz CT molecular complexity index is 806. The summed E-state index contributed by atoms with van der Waals surface area (Å²) < 4.78 is 15.0. The van der Waals surface area contributed by atoms with Crippen molar-refractivity contribution in [2.75, 3.05) is 0 Å². The normalized spacial score (nSPS) is 10.9. The monoisotopic (exact) mass is 345 g/mol. The van der Waals surface area contributed by atoms with Crippen LogP contribution < -0.4 is 0 Å². The molecule has 0 atom stereocenters. The molecule has 0 radical (unpaired) electrons. The Labute approximate surface area is 142 Å². The number of allylic oxidation sites excluding steroid dienone is 1. The first kappa shape index (κ1) is 16.0. The zero-order valence-corrected chi connectivity index (χ0v) is 14.3. The minimum Gasteiger partial charge on any atom is -0.298 e. The molecule has 0 amide bonds. The molecule has 2 aromatic heterocycles. The Hall–Kier alpha value is -1.92. The van der Waals surface area contributed by atoms with E-state index in [2.05, 4.69) is 39.7 Å². The van der Waals surface area contributed by atoms with Crippen LogP contribution in [-0.2, 0) is 12.3 Å². The van der Waals surface area contributed by atoms with E-state index in [4.69, 9.17) is 0 Å². The summed E-state index contributed by atoms with van der Waals surface area (Å²) >= 11 is 3.29. The first-order chi connectivity index (χ1) is 11.2. The van der Waals surface area contributed by atoms with E-state index in [0.717, 1.165) is 27.9 Å². The quantitative estimate of drug-likeness (QED) is 0.469. The molecule has 3 nitrogen and oxygen atoms in total. The largest absolute Gasteiger partial charge is 0.298 e. The lowest BCUT2D eigenvalue weighted by molar-refractivity contribution is 0.627. The van der Waals surface area contributed by atoms with Gasteiger partial charge in [-0.2, -0.15) is 0 Å². The van der Waals surface area contributed by atoms with E-state index in [-0.39, 0.29) is 5.82 Å². The van der Waals surface area contributed by atoms with Crippen LogP contribution in [0.3, 0.4) is 0 Å². The van der Waals surface area contributed by atoms with Gasteiger partial charge in [-0.25, -0.2) is 4.39 Å². The number of hydrogen-bond acceptors (Lipinski definition) is 4. The minimum atomic E-state index is -0.219. The van der Waals surface area contributed by atoms with E-state index < -0.39 is 0 Å². The first-order valence-electron chi connectivity index (χ1n) is 7.14. The second-order valence-corrected chi connectivity index (χ2v) is 7.12. The number of thioether (sulfide) groups is 1. The molecule has 0 aliphatic carbocycles. The number of nitrogens with zero attached hydrogens (tertiary/aromatic N) is 3. The van der Waals surface area contributed by atoms with Gasteiger partial charge in [-0.15, -0.1) is 28.1 Å². The highest BCUT2D eigenvalue weighted by molar-refractivity contribution is 7.98. The average molecular weight is 345 g/mol. The summed E-state index contributed by atoms with van der Waals surface area (Å²) in [7, 11) is 0. The van der Waals surface area contributed by atoms with Crippen molar-refractivity contribution in [2.45, 2.75) is 24.4 Å². The third kappa shape index (κ3) is 3.71. The van der Waals surface area contributed by atoms with Crippen LogP contribution in [-0.4, -0.2) is 14.8 Å². The number of hydrogen-bond donors (Lipinski definition) is 0. The highest BCUT2D eigenvalue weighted by Crippen LogP contribution is 2.29. The van der Waals surface area contributed by atoms with Gasteiger partial charge in [0.25, 0.3) is 0 Å². The molecule has 118 valence electrons. The molecule has 0 N–H and O–H groups in total. The minimum absolute atomic E-state index is 0.219. The molecule has 0 bridgehead atoms. The van der Waals surface area contributed by atoms with Gasteiger partial charge < -0.3 is 0 Å². The molecule has 0 spiro atoms. The molecule has 6 heteroatoms. The van der Waals surface area contributed by atoms with Crippen LogP contribution >= 0.6 is 23.1 Å². The van der Waals surface area contributed by atoms with Crippen molar-refractivity contribution >= 4 is 23.1 Å². The zero-order valence-electron chi connectivity index (χ0n) is 12.7. The van der Waals surface area contributed by atoms with Crippen molar-refractivity contribution in [3.05, 3.63) is 64.6 Å². The van der Waals surface area contributed by atoms with Crippen LogP contribution in [0.5, 0.6) is 0 Å². The fourth-order valence-corrected chi connectivity index (χ4v) is 3.78. The maximum Gasteiger partial charge on any atom is 0.192 e. The topological polar surface area (TPSA) is 30.7 Å². The van der Waals surface area contributed by atoms with E-state index in [9.17, 15) is 4.39 Å². The average Bonchev–Trinajstić information content (AvgIpc) is 3.14. The van der Waals surface area contributed by atoms with E-state index in [1.54, 1.807) is 35.2 Å². The van der Waals surface area contributed by atoms with Gasteiger partial charge >= 0.3 is 0 Å². The molecular weight excluding hydrogens is 329 g/mol. The predicted molar refractivity (Wildman–Crippen MR) is 94.2 cm³/mol. The molecule has 3 rings (SSSR count). The van der Waals surface area contributed by atoms with E-state index >= 15 is 0 Å². The second-order valence-electron chi connectivity index (χ2n) is 5.07. The number of benzene rings is 1. The van der Waals surface area contributed by atoms with Crippen LogP contribution in [0.25, 0.3) is 11.4 Å². The maximum atomic E-state index is 13.0. The van der Waals surface area contributed by atoms with Crippen LogP contribution in [0.4, 0.5) is 4.39 Å². The van der Waals surface area contributed by atoms with Gasteiger partial charge in [0.15, 0.2) is 11.0 Å². The van der Waals surface area contributed by atoms with Crippen molar-refractivity contribution in [3.8, 4) is 11.4 Å². The molecule has 1 aromatic carbocycles. The Morgan fingerprint density at radius 1 is 1.30 bits per heavy atom. The van der Waals surface area contributed by atoms with Gasteiger partial charge in [-0.05, 0) is 30.7 Å². The molecule has 23 heavy (non-hydrogen) atoms. The van der Waals surface area contributed by atoms with Crippen LogP contribution in [0, 0.1) is 12.7 Å². The van der Waals surface area contributed by atoms with Gasteiger partial charge in [0.2, 0.25) is 0 Å². The lowest BCUT2D eigenvalue weighted by atomic mass is 10.2. The lowest BCUT2D eigenvalue weighted by Gasteiger charge is -2.06. The van der Waals surface area contributed by atoms with Gasteiger partial charge in [0.05, 0.1) is 0 Å². The van der Waals surface area contributed by atoms with Crippen LogP contribution in [0.1, 0.15) is 10.4 Å². The summed E-state index contributed by atoms with van der Waals surface area (Å²) in [6.45, 7) is 6.55. The summed E-state index contributed by atoms with van der Waals surface area (Å²) in [6.07, 6.45) is 1.84. The maximum absolute atomic E-state index is 13.0. The van der Waals surface area contributed by atoms with Crippen molar-refractivity contribution in [1.29, 1.82) is 0 Å². The predicted octanol–water partition coefficient (Wildman–Crippen LogP) is 4.93. The Kier molecular flexibility index (Phi) is 4.93. The summed E-state index contributed by atoms with van der Waals surface area (Å²) in [4.78, 5) is 1.24.